The molecule has 0 saturated carbocycles. The molecule has 0 aliphatic carbocycles. The van der Waals surface area contributed by atoms with Crippen LogP contribution >= 0.6 is 0 Å². The van der Waals surface area contributed by atoms with E-state index >= 15 is 0 Å². The average Bonchev–Trinajstić information content (AvgIpc) is 2.92. The van der Waals surface area contributed by atoms with E-state index in [-0.39, 0.29) is 6.54 Å². The minimum Gasteiger partial charge on any atom is -0.392 e. The molecule has 0 amide bonds. The second-order valence-electron chi connectivity index (χ2n) is 6.23. The maximum atomic E-state index is 12.4. The van der Waals surface area contributed by atoms with Gasteiger partial charge in [0.25, 0.3) is 5.56 Å². The summed E-state index contributed by atoms with van der Waals surface area (Å²) < 4.78 is 3.02. The Labute approximate surface area is 143 Å². The lowest BCUT2D eigenvalue weighted by atomic mass is 10.1. The molecule has 132 valence electrons. The lowest BCUT2D eigenvalue weighted by Gasteiger charge is -2.11. The topological polar surface area (TPSA) is 105 Å². The fourth-order valence-electron chi connectivity index (χ4n) is 2.64. The van der Waals surface area contributed by atoms with Crippen LogP contribution in [0.25, 0.3) is 11.2 Å². The number of imidazole rings is 1. The van der Waals surface area contributed by atoms with Crippen molar-refractivity contribution in [3.05, 3.63) is 56.2 Å². The molecule has 3 aromatic rings. The first kappa shape index (κ1) is 17.0. The Morgan fingerprint density at radius 2 is 1.96 bits per heavy atom. The number of aliphatic hydroxyl groups is 1. The number of nitrogens with zero attached hydrogens (tertiary/aromatic N) is 3. The van der Waals surface area contributed by atoms with Gasteiger partial charge >= 0.3 is 5.69 Å². The summed E-state index contributed by atoms with van der Waals surface area (Å²) in [6.07, 6.45) is -0.574. The van der Waals surface area contributed by atoms with E-state index < -0.39 is 17.4 Å². The largest absolute Gasteiger partial charge is 0.392 e. The molecule has 8 heteroatoms. The van der Waals surface area contributed by atoms with Gasteiger partial charge in [-0.05, 0) is 19.4 Å². The molecule has 0 bridgehead atoms. The third-order valence-electron chi connectivity index (χ3n) is 4.02. The lowest BCUT2D eigenvalue weighted by Crippen LogP contribution is -2.29. The maximum Gasteiger partial charge on any atom is 0.329 e. The average molecular weight is 343 g/mol. The number of aromatic amines is 1. The third-order valence-corrected chi connectivity index (χ3v) is 4.02. The van der Waals surface area contributed by atoms with Crippen LogP contribution in [-0.2, 0) is 13.6 Å². The highest BCUT2D eigenvalue weighted by Gasteiger charge is 2.17. The van der Waals surface area contributed by atoms with Crippen molar-refractivity contribution in [3.8, 4) is 0 Å². The van der Waals surface area contributed by atoms with E-state index in [0.29, 0.717) is 23.7 Å². The van der Waals surface area contributed by atoms with E-state index in [1.807, 2.05) is 31.2 Å². The summed E-state index contributed by atoms with van der Waals surface area (Å²) in [6, 6.07) is 7.96. The van der Waals surface area contributed by atoms with Gasteiger partial charge in [-0.25, -0.2) is 4.79 Å². The van der Waals surface area contributed by atoms with Gasteiger partial charge in [-0.2, -0.15) is 4.98 Å². The zero-order valence-corrected chi connectivity index (χ0v) is 14.4. The molecule has 8 nitrogen and oxygen atoms in total. The SMILES string of the molecule is Cc1ccc(Cn2c(NC[C@@H](C)O)nc3c2c(=O)[nH]c(=O)n3C)cc1. The van der Waals surface area contributed by atoms with Gasteiger partial charge in [-0.3, -0.25) is 18.9 Å². The van der Waals surface area contributed by atoms with E-state index in [1.165, 1.54) is 4.57 Å². The normalized spacial score (nSPS) is 12.5. The standard InChI is InChI=1S/C17H21N5O3/c1-10-4-6-12(7-5-10)9-22-13-14(19-16(22)18-8-11(2)23)21(3)17(25)20-15(13)24/h4-7,11,23H,8-9H2,1-3H3,(H,18,19)(H,20,24,25)/t11-/m1/s1. The molecule has 0 unspecified atom stereocenters. The van der Waals surface area contributed by atoms with Crippen molar-refractivity contribution in [1.82, 2.24) is 19.1 Å². The number of H-pyrrole nitrogens is 1. The molecule has 1 aromatic carbocycles. The first-order chi connectivity index (χ1) is 11.9. The highest BCUT2D eigenvalue weighted by atomic mass is 16.3. The molecule has 2 heterocycles. The molecule has 3 rings (SSSR count). The van der Waals surface area contributed by atoms with Crippen LogP contribution < -0.4 is 16.6 Å². The first-order valence-corrected chi connectivity index (χ1v) is 8.04. The summed E-state index contributed by atoms with van der Waals surface area (Å²) in [5.74, 6) is 0.433. The van der Waals surface area contributed by atoms with Crippen LogP contribution in [0.4, 0.5) is 5.95 Å². The number of aliphatic hydroxyl groups excluding tert-OH is 1. The fourth-order valence-corrected chi connectivity index (χ4v) is 2.64. The van der Waals surface area contributed by atoms with Crippen molar-refractivity contribution < 1.29 is 5.11 Å². The summed E-state index contributed by atoms with van der Waals surface area (Å²) in [5.41, 5.74) is 1.76. The molecular weight excluding hydrogens is 322 g/mol. The fraction of sp³-hybridized carbons (Fsp3) is 0.353. The van der Waals surface area contributed by atoms with Crippen LogP contribution in [0.2, 0.25) is 0 Å². The molecule has 3 N–H and O–H groups in total. The van der Waals surface area contributed by atoms with Crippen LogP contribution in [-0.4, -0.2) is 36.9 Å². The minimum atomic E-state index is -0.574. The molecule has 0 radical (unpaired) electrons. The Morgan fingerprint density at radius 1 is 1.28 bits per heavy atom. The van der Waals surface area contributed by atoms with Gasteiger partial charge in [0, 0.05) is 13.6 Å². The highest BCUT2D eigenvalue weighted by molar-refractivity contribution is 5.74. The molecule has 25 heavy (non-hydrogen) atoms. The van der Waals surface area contributed by atoms with Gasteiger partial charge in [-0.1, -0.05) is 29.8 Å². The Hall–Kier alpha value is -2.87. The number of anilines is 1. The van der Waals surface area contributed by atoms with Gasteiger partial charge in [0.15, 0.2) is 11.2 Å². The van der Waals surface area contributed by atoms with Gasteiger partial charge < -0.3 is 10.4 Å². The number of hydrogen-bond donors (Lipinski definition) is 3. The van der Waals surface area contributed by atoms with Gasteiger partial charge in [-0.15, -0.1) is 0 Å². The molecular formula is C17H21N5O3. The third kappa shape index (κ3) is 3.34. The summed E-state index contributed by atoms with van der Waals surface area (Å²) in [4.78, 5) is 30.9. The van der Waals surface area contributed by atoms with E-state index in [1.54, 1.807) is 18.5 Å². The van der Waals surface area contributed by atoms with Crippen molar-refractivity contribution >= 4 is 17.1 Å². The van der Waals surface area contributed by atoms with E-state index in [4.69, 9.17) is 0 Å². The number of hydrogen-bond acceptors (Lipinski definition) is 5. The Bertz CT molecular complexity index is 1010. The minimum absolute atomic E-state index is 0.281. The van der Waals surface area contributed by atoms with Gasteiger partial charge in [0.2, 0.25) is 5.95 Å². The van der Waals surface area contributed by atoms with E-state index in [0.717, 1.165) is 11.1 Å². The van der Waals surface area contributed by atoms with Crippen molar-refractivity contribution in [1.29, 1.82) is 0 Å². The zero-order chi connectivity index (χ0) is 18.1. The Balaban J connectivity index is 2.16. The Morgan fingerprint density at radius 3 is 2.60 bits per heavy atom. The smallest absolute Gasteiger partial charge is 0.329 e. The van der Waals surface area contributed by atoms with Crippen LogP contribution in [0.5, 0.6) is 0 Å². The molecule has 0 saturated heterocycles. The molecule has 0 aliphatic heterocycles. The number of nitrogens with one attached hydrogen (secondary N) is 2. The Kier molecular flexibility index (Phi) is 4.45. The number of aromatic nitrogens is 4. The number of aryl methyl sites for hydroxylation is 2. The van der Waals surface area contributed by atoms with E-state index in [9.17, 15) is 14.7 Å². The van der Waals surface area contributed by atoms with E-state index in [2.05, 4.69) is 15.3 Å². The summed E-state index contributed by atoms with van der Waals surface area (Å²) in [5, 5.41) is 12.6. The maximum absolute atomic E-state index is 12.4. The molecule has 0 fully saturated rings. The number of fused-ring (bicyclic) bond motifs is 1. The van der Waals surface area contributed by atoms with Crippen LogP contribution in [0.1, 0.15) is 18.1 Å². The zero-order valence-electron chi connectivity index (χ0n) is 14.4. The molecule has 1 atom stereocenters. The molecule has 0 spiro atoms. The predicted molar refractivity (Wildman–Crippen MR) is 96.0 cm³/mol. The second kappa shape index (κ2) is 6.56. The number of benzene rings is 1. The molecule has 2 aromatic heterocycles. The van der Waals surface area contributed by atoms with Crippen LogP contribution in [0.15, 0.2) is 33.9 Å². The first-order valence-electron chi connectivity index (χ1n) is 8.04. The molecule has 0 aliphatic rings. The highest BCUT2D eigenvalue weighted by Crippen LogP contribution is 2.18. The van der Waals surface area contributed by atoms with Crippen LogP contribution in [0.3, 0.4) is 0 Å². The van der Waals surface area contributed by atoms with Crippen molar-refractivity contribution in [2.24, 2.45) is 7.05 Å². The predicted octanol–water partition coefficient (Wildman–Crippen LogP) is 0.573. The number of rotatable bonds is 5. The lowest BCUT2D eigenvalue weighted by molar-refractivity contribution is 0.208. The van der Waals surface area contributed by atoms with Crippen LogP contribution in [0, 0.1) is 6.92 Å². The summed E-state index contributed by atoms with van der Waals surface area (Å²) in [6.45, 7) is 4.36. The van der Waals surface area contributed by atoms with Crippen molar-refractivity contribution in [2.75, 3.05) is 11.9 Å². The van der Waals surface area contributed by atoms with Gasteiger partial charge in [0.1, 0.15) is 0 Å². The monoisotopic (exact) mass is 343 g/mol. The second-order valence-corrected chi connectivity index (χ2v) is 6.23. The van der Waals surface area contributed by atoms with Gasteiger partial charge in [0.05, 0.1) is 12.6 Å². The quantitative estimate of drug-likeness (QED) is 0.628. The summed E-state index contributed by atoms with van der Waals surface area (Å²) >= 11 is 0. The van der Waals surface area contributed by atoms with Crippen molar-refractivity contribution in [2.45, 2.75) is 26.5 Å². The van der Waals surface area contributed by atoms with Crippen molar-refractivity contribution in [3.63, 3.8) is 0 Å². The summed E-state index contributed by atoms with van der Waals surface area (Å²) in [7, 11) is 1.56.